The standard InChI is InChI=1S/C17H26N2O/c1-13(12-18)6-5-11-19-17(20)16-10-4-8-14-7-2-3-9-15(14)16/h2-3,7,9,13,16H,4-6,8,10-12,18H2,1H3,(H,19,20). The summed E-state index contributed by atoms with van der Waals surface area (Å²) in [4.78, 5) is 12.3. The second-order valence-electron chi connectivity index (χ2n) is 5.92. The molecular formula is C17H26N2O. The molecule has 110 valence electrons. The lowest BCUT2D eigenvalue weighted by Crippen LogP contribution is -2.32. The van der Waals surface area contributed by atoms with Crippen molar-refractivity contribution in [2.45, 2.75) is 44.9 Å². The van der Waals surface area contributed by atoms with Gasteiger partial charge in [-0.05, 0) is 55.7 Å². The number of hydrogen-bond acceptors (Lipinski definition) is 2. The Balaban J connectivity index is 1.85. The average Bonchev–Trinajstić information content (AvgIpc) is 2.50. The van der Waals surface area contributed by atoms with Gasteiger partial charge in [0.15, 0.2) is 0 Å². The fourth-order valence-corrected chi connectivity index (χ4v) is 2.93. The molecule has 3 heteroatoms. The quantitative estimate of drug-likeness (QED) is 0.783. The smallest absolute Gasteiger partial charge is 0.227 e. The van der Waals surface area contributed by atoms with Gasteiger partial charge in [0.1, 0.15) is 0 Å². The minimum absolute atomic E-state index is 0.0480. The van der Waals surface area contributed by atoms with Crippen LogP contribution >= 0.6 is 0 Å². The Morgan fingerprint density at radius 1 is 1.45 bits per heavy atom. The highest BCUT2D eigenvalue weighted by atomic mass is 16.1. The van der Waals surface area contributed by atoms with Crippen molar-refractivity contribution in [1.82, 2.24) is 5.32 Å². The lowest BCUT2D eigenvalue weighted by Gasteiger charge is -2.24. The molecule has 0 bridgehead atoms. The summed E-state index contributed by atoms with van der Waals surface area (Å²) >= 11 is 0. The molecular weight excluding hydrogens is 248 g/mol. The van der Waals surface area contributed by atoms with Crippen LogP contribution in [0, 0.1) is 5.92 Å². The predicted molar refractivity (Wildman–Crippen MR) is 82.6 cm³/mol. The van der Waals surface area contributed by atoms with Crippen molar-refractivity contribution in [3.05, 3.63) is 35.4 Å². The van der Waals surface area contributed by atoms with Crippen LogP contribution in [0.5, 0.6) is 0 Å². The molecule has 1 aliphatic rings. The van der Waals surface area contributed by atoms with E-state index in [2.05, 4.69) is 30.4 Å². The summed E-state index contributed by atoms with van der Waals surface area (Å²) in [5, 5.41) is 3.09. The Morgan fingerprint density at radius 3 is 3.05 bits per heavy atom. The maximum Gasteiger partial charge on any atom is 0.227 e. The minimum atomic E-state index is 0.0480. The number of benzene rings is 1. The average molecular weight is 274 g/mol. The van der Waals surface area contributed by atoms with E-state index in [9.17, 15) is 4.79 Å². The monoisotopic (exact) mass is 274 g/mol. The second kappa shape index (κ2) is 7.44. The zero-order valence-corrected chi connectivity index (χ0v) is 12.4. The van der Waals surface area contributed by atoms with Gasteiger partial charge in [-0.2, -0.15) is 0 Å². The van der Waals surface area contributed by atoms with Gasteiger partial charge in [-0.3, -0.25) is 4.79 Å². The Morgan fingerprint density at radius 2 is 2.25 bits per heavy atom. The number of nitrogens with one attached hydrogen (secondary N) is 1. The minimum Gasteiger partial charge on any atom is -0.356 e. The molecule has 0 saturated heterocycles. The van der Waals surface area contributed by atoms with Crippen molar-refractivity contribution >= 4 is 5.91 Å². The molecule has 1 aromatic rings. The lowest BCUT2D eigenvalue weighted by atomic mass is 9.82. The van der Waals surface area contributed by atoms with Crippen LogP contribution in [0.25, 0.3) is 0 Å². The van der Waals surface area contributed by atoms with E-state index in [0.29, 0.717) is 5.92 Å². The third-order valence-electron chi connectivity index (χ3n) is 4.26. The summed E-state index contributed by atoms with van der Waals surface area (Å²) in [7, 11) is 0. The molecule has 0 radical (unpaired) electrons. The van der Waals surface area contributed by atoms with Crippen LogP contribution in [-0.2, 0) is 11.2 Å². The van der Waals surface area contributed by atoms with Gasteiger partial charge in [-0.25, -0.2) is 0 Å². The molecule has 3 nitrogen and oxygen atoms in total. The molecule has 0 heterocycles. The topological polar surface area (TPSA) is 55.1 Å². The molecule has 1 aliphatic carbocycles. The Hall–Kier alpha value is -1.35. The Bertz CT molecular complexity index is 444. The zero-order chi connectivity index (χ0) is 14.4. The highest BCUT2D eigenvalue weighted by Gasteiger charge is 2.25. The van der Waals surface area contributed by atoms with E-state index in [-0.39, 0.29) is 11.8 Å². The molecule has 1 amide bonds. The maximum atomic E-state index is 12.3. The summed E-state index contributed by atoms with van der Waals surface area (Å²) in [6.45, 7) is 3.64. The number of aryl methyl sites for hydroxylation is 1. The zero-order valence-electron chi connectivity index (χ0n) is 12.4. The summed E-state index contributed by atoms with van der Waals surface area (Å²) in [6, 6.07) is 8.35. The van der Waals surface area contributed by atoms with Gasteiger partial charge in [0.25, 0.3) is 0 Å². The van der Waals surface area contributed by atoms with Gasteiger partial charge in [-0.15, -0.1) is 0 Å². The third kappa shape index (κ3) is 3.83. The van der Waals surface area contributed by atoms with Crippen LogP contribution in [-0.4, -0.2) is 19.0 Å². The summed E-state index contributed by atoms with van der Waals surface area (Å²) in [6.07, 6.45) is 5.28. The van der Waals surface area contributed by atoms with Crippen molar-refractivity contribution < 1.29 is 4.79 Å². The van der Waals surface area contributed by atoms with E-state index in [4.69, 9.17) is 5.73 Å². The maximum absolute atomic E-state index is 12.3. The van der Waals surface area contributed by atoms with Crippen molar-refractivity contribution in [3.8, 4) is 0 Å². The fraction of sp³-hybridized carbons (Fsp3) is 0.588. The normalized spacial score (nSPS) is 19.2. The van der Waals surface area contributed by atoms with E-state index in [1.165, 1.54) is 11.1 Å². The molecule has 0 saturated carbocycles. The van der Waals surface area contributed by atoms with Gasteiger partial charge in [0.2, 0.25) is 5.91 Å². The first-order valence-electron chi connectivity index (χ1n) is 7.78. The van der Waals surface area contributed by atoms with Crippen LogP contribution in [0.4, 0.5) is 0 Å². The molecule has 0 spiro atoms. The molecule has 3 N–H and O–H groups in total. The van der Waals surface area contributed by atoms with Crippen LogP contribution in [0.2, 0.25) is 0 Å². The Labute approximate surface area is 121 Å². The van der Waals surface area contributed by atoms with Crippen LogP contribution in [0.3, 0.4) is 0 Å². The lowest BCUT2D eigenvalue weighted by molar-refractivity contribution is -0.122. The number of amides is 1. The second-order valence-corrected chi connectivity index (χ2v) is 5.92. The SMILES string of the molecule is CC(CN)CCCNC(=O)C1CCCc2ccccc21. The van der Waals surface area contributed by atoms with E-state index < -0.39 is 0 Å². The molecule has 0 fully saturated rings. The first kappa shape index (κ1) is 15.0. The summed E-state index contributed by atoms with van der Waals surface area (Å²) in [5.74, 6) is 0.784. The van der Waals surface area contributed by atoms with Crippen LogP contribution < -0.4 is 11.1 Å². The van der Waals surface area contributed by atoms with Crippen molar-refractivity contribution in [2.75, 3.05) is 13.1 Å². The van der Waals surface area contributed by atoms with Crippen molar-refractivity contribution in [2.24, 2.45) is 11.7 Å². The number of carbonyl (C=O) groups excluding carboxylic acids is 1. The van der Waals surface area contributed by atoms with E-state index in [0.717, 1.165) is 45.2 Å². The Kier molecular flexibility index (Phi) is 5.60. The number of nitrogens with two attached hydrogens (primary N) is 1. The van der Waals surface area contributed by atoms with Gasteiger partial charge in [-0.1, -0.05) is 31.2 Å². The molecule has 2 atom stereocenters. The third-order valence-corrected chi connectivity index (χ3v) is 4.26. The number of carbonyl (C=O) groups is 1. The number of fused-ring (bicyclic) bond motifs is 1. The van der Waals surface area contributed by atoms with Crippen molar-refractivity contribution in [3.63, 3.8) is 0 Å². The van der Waals surface area contributed by atoms with Gasteiger partial charge in [0.05, 0.1) is 5.92 Å². The summed E-state index contributed by atoms with van der Waals surface area (Å²) in [5.41, 5.74) is 8.17. The molecule has 2 rings (SSSR count). The summed E-state index contributed by atoms with van der Waals surface area (Å²) < 4.78 is 0. The van der Waals surface area contributed by atoms with Crippen molar-refractivity contribution in [1.29, 1.82) is 0 Å². The number of hydrogen-bond donors (Lipinski definition) is 2. The first-order chi connectivity index (χ1) is 9.72. The first-order valence-corrected chi connectivity index (χ1v) is 7.78. The van der Waals surface area contributed by atoms with E-state index in [1.807, 2.05) is 6.07 Å². The van der Waals surface area contributed by atoms with Crippen LogP contribution in [0.15, 0.2) is 24.3 Å². The fourth-order valence-electron chi connectivity index (χ4n) is 2.93. The molecule has 20 heavy (non-hydrogen) atoms. The van der Waals surface area contributed by atoms with E-state index >= 15 is 0 Å². The highest BCUT2D eigenvalue weighted by Crippen LogP contribution is 2.31. The number of rotatable bonds is 6. The predicted octanol–water partition coefficient (Wildman–Crippen LogP) is 2.60. The molecule has 0 aliphatic heterocycles. The highest BCUT2D eigenvalue weighted by molar-refractivity contribution is 5.84. The molecule has 2 unspecified atom stereocenters. The largest absolute Gasteiger partial charge is 0.356 e. The van der Waals surface area contributed by atoms with Crippen LogP contribution in [0.1, 0.15) is 49.7 Å². The van der Waals surface area contributed by atoms with Gasteiger partial charge in [0, 0.05) is 6.54 Å². The van der Waals surface area contributed by atoms with Gasteiger partial charge >= 0.3 is 0 Å². The molecule has 0 aromatic heterocycles. The molecule has 1 aromatic carbocycles. The van der Waals surface area contributed by atoms with E-state index in [1.54, 1.807) is 0 Å². The van der Waals surface area contributed by atoms with Gasteiger partial charge < -0.3 is 11.1 Å².